The maximum atomic E-state index is 4.92. The summed E-state index contributed by atoms with van der Waals surface area (Å²) in [6.07, 6.45) is 2.28. The van der Waals surface area contributed by atoms with Crippen LogP contribution >= 0.6 is 0 Å². The monoisotopic (exact) mass is 142 g/mol. The van der Waals surface area contributed by atoms with Crippen LogP contribution in [-0.4, -0.2) is 25.4 Å². The molecule has 0 aromatic rings. The largest absolute Gasteiger partial charge is 0.396 e. The highest BCUT2D eigenvalue weighted by atomic mass is 16.6. The topological polar surface area (TPSA) is 33.6 Å². The number of piperidine rings is 1. The van der Waals surface area contributed by atoms with Gasteiger partial charge in [-0.2, -0.15) is 0 Å². The van der Waals surface area contributed by atoms with Crippen molar-refractivity contribution in [2.45, 2.75) is 19.8 Å². The zero-order valence-corrected chi connectivity index (χ0v) is 6.39. The van der Waals surface area contributed by atoms with Gasteiger partial charge in [0.2, 0.25) is 0 Å². The van der Waals surface area contributed by atoms with Crippen molar-refractivity contribution < 1.29 is 4.84 Å². The molecule has 1 heterocycles. The van der Waals surface area contributed by atoms with Gasteiger partial charge in [-0.3, -0.25) is 0 Å². The van der Waals surface area contributed by atoms with E-state index in [-0.39, 0.29) is 0 Å². The maximum Gasteiger partial charge on any atom is 0.114 e. The van der Waals surface area contributed by atoms with Crippen LogP contribution in [0.25, 0.3) is 0 Å². The van der Waals surface area contributed by atoms with Crippen LogP contribution in [0.4, 0.5) is 0 Å². The molecule has 0 amide bonds. The molecular formula is C7H14N2O. The molecule has 0 atom stereocenters. The van der Waals surface area contributed by atoms with E-state index in [9.17, 15) is 0 Å². The van der Waals surface area contributed by atoms with Gasteiger partial charge in [0.05, 0.1) is 5.71 Å². The van der Waals surface area contributed by atoms with Crippen molar-refractivity contribution in [2.75, 3.05) is 19.7 Å². The molecule has 0 radical (unpaired) electrons. The Balaban J connectivity index is 2.23. The first-order valence-electron chi connectivity index (χ1n) is 3.82. The first-order chi connectivity index (χ1) is 4.93. The van der Waals surface area contributed by atoms with Gasteiger partial charge in [-0.25, -0.2) is 0 Å². The lowest BCUT2D eigenvalue weighted by molar-refractivity contribution is 0.157. The van der Waals surface area contributed by atoms with E-state index < -0.39 is 0 Å². The number of nitrogens with one attached hydrogen (secondary N) is 1. The predicted molar refractivity (Wildman–Crippen MR) is 41.2 cm³/mol. The van der Waals surface area contributed by atoms with Gasteiger partial charge in [0.25, 0.3) is 0 Å². The fourth-order valence-electron chi connectivity index (χ4n) is 0.972. The Morgan fingerprint density at radius 1 is 1.70 bits per heavy atom. The van der Waals surface area contributed by atoms with E-state index in [1.807, 2.05) is 6.92 Å². The molecule has 0 aliphatic carbocycles. The first kappa shape index (κ1) is 7.54. The third-order valence-corrected chi connectivity index (χ3v) is 1.47. The van der Waals surface area contributed by atoms with Crippen LogP contribution in [0.2, 0.25) is 0 Å². The molecule has 10 heavy (non-hydrogen) atoms. The van der Waals surface area contributed by atoms with E-state index >= 15 is 0 Å². The van der Waals surface area contributed by atoms with Gasteiger partial charge in [0.15, 0.2) is 0 Å². The molecule has 1 N–H and O–H groups in total. The van der Waals surface area contributed by atoms with E-state index in [2.05, 4.69) is 10.5 Å². The quantitative estimate of drug-likeness (QED) is 0.577. The van der Waals surface area contributed by atoms with Gasteiger partial charge < -0.3 is 10.2 Å². The lowest BCUT2D eigenvalue weighted by Crippen LogP contribution is -2.30. The minimum Gasteiger partial charge on any atom is -0.396 e. The Labute approximate surface area is 61.4 Å². The smallest absolute Gasteiger partial charge is 0.114 e. The van der Waals surface area contributed by atoms with Crippen molar-refractivity contribution in [1.82, 2.24) is 5.32 Å². The van der Waals surface area contributed by atoms with Crippen LogP contribution < -0.4 is 5.32 Å². The predicted octanol–water partition coefficient (Wildman–Crippen LogP) is 0.762. The van der Waals surface area contributed by atoms with Gasteiger partial charge in [-0.15, -0.1) is 0 Å². The molecule has 0 bridgehead atoms. The molecule has 3 nitrogen and oxygen atoms in total. The normalized spacial score (nSPS) is 23.1. The van der Waals surface area contributed by atoms with Crippen molar-refractivity contribution in [3.63, 3.8) is 0 Å². The summed E-state index contributed by atoms with van der Waals surface area (Å²) in [5, 5.41) is 7.19. The van der Waals surface area contributed by atoms with Crippen LogP contribution in [0, 0.1) is 0 Å². The van der Waals surface area contributed by atoms with Gasteiger partial charge in [0.1, 0.15) is 6.61 Å². The lowest BCUT2D eigenvalue weighted by atomic mass is 10.1. The van der Waals surface area contributed by atoms with E-state index in [1.54, 1.807) is 0 Å². The summed E-state index contributed by atoms with van der Waals surface area (Å²) < 4.78 is 0. The molecule has 0 aromatic carbocycles. The highest BCUT2D eigenvalue weighted by Gasteiger charge is 2.05. The highest BCUT2D eigenvalue weighted by molar-refractivity contribution is 5.86. The highest BCUT2D eigenvalue weighted by Crippen LogP contribution is 1.97. The summed E-state index contributed by atoms with van der Waals surface area (Å²) in [5.41, 5.74) is 1.15. The van der Waals surface area contributed by atoms with Crippen LogP contribution in [-0.2, 0) is 4.84 Å². The standard InChI is InChI=1S/C7H14N2O/c1-2-10-9-7-4-3-5-8-6-7/h8H,2-6H2,1H3/b9-7+. The molecule has 1 fully saturated rings. The van der Waals surface area contributed by atoms with Gasteiger partial charge in [-0.1, -0.05) is 5.16 Å². The summed E-state index contributed by atoms with van der Waals surface area (Å²) in [4.78, 5) is 4.92. The van der Waals surface area contributed by atoms with E-state index in [0.29, 0.717) is 6.61 Å². The van der Waals surface area contributed by atoms with E-state index in [4.69, 9.17) is 4.84 Å². The average molecular weight is 142 g/mol. The number of rotatable bonds is 2. The summed E-state index contributed by atoms with van der Waals surface area (Å²) in [7, 11) is 0. The molecule has 3 heteroatoms. The fourth-order valence-corrected chi connectivity index (χ4v) is 0.972. The van der Waals surface area contributed by atoms with Crippen molar-refractivity contribution >= 4 is 5.71 Å². The average Bonchev–Trinajstić information content (AvgIpc) is 2.03. The van der Waals surface area contributed by atoms with Crippen LogP contribution in [0.1, 0.15) is 19.8 Å². The molecule has 0 saturated carbocycles. The summed E-state index contributed by atoms with van der Waals surface area (Å²) in [6, 6.07) is 0. The Bertz CT molecular complexity index is 115. The Kier molecular flexibility index (Phi) is 3.22. The van der Waals surface area contributed by atoms with Crippen molar-refractivity contribution in [3.8, 4) is 0 Å². The zero-order valence-electron chi connectivity index (χ0n) is 6.39. The maximum absolute atomic E-state index is 4.92. The third-order valence-electron chi connectivity index (χ3n) is 1.47. The Morgan fingerprint density at radius 2 is 2.60 bits per heavy atom. The molecular weight excluding hydrogens is 128 g/mol. The second-order valence-corrected chi connectivity index (χ2v) is 2.36. The van der Waals surface area contributed by atoms with Crippen molar-refractivity contribution in [2.24, 2.45) is 5.16 Å². The molecule has 1 rings (SSSR count). The summed E-state index contributed by atoms with van der Waals surface area (Å²) in [5.74, 6) is 0. The van der Waals surface area contributed by atoms with Gasteiger partial charge >= 0.3 is 0 Å². The molecule has 1 saturated heterocycles. The second kappa shape index (κ2) is 4.28. The lowest BCUT2D eigenvalue weighted by Gasteiger charge is -2.12. The Hall–Kier alpha value is -0.570. The molecule has 58 valence electrons. The molecule has 0 aromatic heterocycles. The van der Waals surface area contributed by atoms with Gasteiger partial charge in [-0.05, 0) is 26.3 Å². The SMILES string of the molecule is CCO/N=C1\CCCNC1. The van der Waals surface area contributed by atoms with Crippen LogP contribution in [0.3, 0.4) is 0 Å². The second-order valence-electron chi connectivity index (χ2n) is 2.36. The van der Waals surface area contributed by atoms with E-state index in [1.165, 1.54) is 6.42 Å². The Morgan fingerprint density at radius 3 is 3.20 bits per heavy atom. The first-order valence-corrected chi connectivity index (χ1v) is 3.82. The van der Waals surface area contributed by atoms with Crippen molar-refractivity contribution in [1.29, 1.82) is 0 Å². The minimum atomic E-state index is 0.670. The zero-order chi connectivity index (χ0) is 7.23. The fraction of sp³-hybridized carbons (Fsp3) is 0.857. The number of hydrogen-bond donors (Lipinski definition) is 1. The van der Waals surface area contributed by atoms with Crippen LogP contribution in [0.15, 0.2) is 5.16 Å². The van der Waals surface area contributed by atoms with Crippen LogP contribution in [0.5, 0.6) is 0 Å². The van der Waals surface area contributed by atoms with E-state index in [0.717, 1.165) is 25.2 Å². The van der Waals surface area contributed by atoms with Gasteiger partial charge in [0, 0.05) is 6.54 Å². The number of oxime groups is 1. The summed E-state index contributed by atoms with van der Waals surface area (Å²) >= 11 is 0. The third kappa shape index (κ3) is 2.35. The number of nitrogens with zero attached hydrogens (tertiary/aromatic N) is 1. The summed E-state index contributed by atoms with van der Waals surface area (Å²) in [6.45, 7) is 4.63. The molecule has 0 unspecified atom stereocenters. The molecule has 0 spiro atoms. The molecule has 1 aliphatic heterocycles. The molecule has 1 aliphatic rings. The minimum absolute atomic E-state index is 0.670. The van der Waals surface area contributed by atoms with Crippen molar-refractivity contribution in [3.05, 3.63) is 0 Å². The number of hydrogen-bond acceptors (Lipinski definition) is 3.